The molecule has 0 saturated carbocycles. The van der Waals surface area contributed by atoms with Crippen LogP contribution in [0.5, 0.6) is 23.0 Å². The highest BCUT2D eigenvalue weighted by Crippen LogP contribution is 2.30. The summed E-state index contributed by atoms with van der Waals surface area (Å²) in [5.41, 5.74) is 1.07. The van der Waals surface area contributed by atoms with Crippen LogP contribution in [0.15, 0.2) is 42.5 Å². The summed E-state index contributed by atoms with van der Waals surface area (Å²) in [4.78, 5) is 12.1. The molecule has 25 heavy (non-hydrogen) atoms. The number of phenolic OH excluding ortho intramolecular Hbond substituents is 1. The molecule has 1 atom stereocenters. The predicted octanol–water partition coefficient (Wildman–Crippen LogP) is 2.29. The molecule has 2 aromatic carbocycles. The van der Waals surface area contributed by atoms with E-state index in [4.69, 9.17) is 14.2 Å². The van der Waals surface area contributed by atoms with Crippen molar-refractivity contribution < 1.29 is 24.1 Å². The first-order valence-electron chi connectivity index (χ1n) is 8.24. The Labute approximate surface area is 146 Å². The first-order valence-corrected chi connectivity index (χ1v) is 8.24. The number of phenols is 1. The van der Waals surface area contributed by atoms with E-state index in [1.54, 1.807) is 19.1 Å². The molecule has 1 heterocycles. The van der Waals surface area contributed by atoms with E-state index < -0.39 is 6.10 Å². The lowest BCUT2D eigenvalue weighted by Crippen LogP contribution is -2.37. The van der Waals surface area contributed by atoms with Crippen LogP contribution >= 0.6 is 0 Å². The number of ether oxygens (including phenoxy) is 3. The number of hydrogen-bond acceptors (Lipinski definition) is 5. The van der Waals surface area contributed by atoms with Gasteiger partial charge in [0.2, 0.25) is 0 Å². The number of hydrogen-bond donors (Lipinski definition) is 2. The molecule has 1 unspecified atom stereocenters. The van der Waals surface area contributed by atoms with Gasteiger partial charge in [-0.3, -0.25) is 4.79 Å². The van der Waals surface area contributed by atoms with Gasteiger partial charge in [-0.05, 0) is 55.3 Å². The quantitative estimate of drug-likeness (QED) is 0.841. The molecule has 0 radical (unpaired) electrons. The Morgan fingerprint density at radius 2 is 1.88 bits per heavy atom. The second-order valence-corrected chi connectivity index (χ2v) is 5.77. The first kappa shape index (κ1) is 17.0. The first-order chi connectivity index (χ1) is 12.1. The van der Waals surface area contributed by atoms with Gasteiger partial charge in [-0.2, -0.15) is 0 Å². The molecule has 6 heteroatoms. The normalized spacial score (nSPS) is 13.8. The van der Waals surface area contributed by atoms with E-state index in [2.05, 4.69) is 5.32 Å². The van der Waals surface area contributed by atoms with Crippen LogP contribution < -0.4 is 19.5 Å². The maximum atomic E-state index is 12.1. The maximum Gasteiger partial charge on any atom is 0.260 e. The summed E-state index contributed by atoms with van der Waals surface area (Å²) < 4.78 is 16.6. The standard InChI is InChI=1S/C19H21NO5/c1-13(25-16-5-3-15(21)4-6-16)19(22)20-9-8-14-2-7-17-18(12-14)24-11-10-23-17/h2-7,12-13,21H,8-11H2,1H3,(H,20,22). The second-order valence-electron chi connectivity index (χ2n) is 5.77. The average Bonchev–Trinajstić information content (AvgIpc) is 2.63. The van der Waals surface area contributed by atoms with Crippen molar-refractivity contribution >= 4 is 5.91 Å². The fourth-order valence-electron chi connectivity index (χ4n) is 2.50. The molecule has 0 aliphatic carbocycles. The van der Waals surface area contributed by atoms with Gasteiger partial charge in [-0.15, -0.1) is 0 Å². The number of carbonyl (C=O) groups excluding carboxylic acids is 1. The van der Waals surface area contributed by atoms with Crippen molar-refractivity contribution in [3.05, 3.63) is 48.0 Å². The highest BCUT2D eigenvalue weighted by atomic mass is 16.6. The third-order valence-electron chi connectivity index (χ3n) is 3.84. The molecule has 1 amide bonds. The fraction of sp³-hybridized carbons (Fsp3) is 0.316. The molecule has 0 aromatic heterocycles. The third-order valence-corrected chi connectivity index (χ3v) is 3.84. The molecule has 2 aromatic rings. The Morgan fingerprint density at radius 1 is 1.16 bits per heavy atom. The molecule has 0 fully saturated rings. The topological polar surface area (TPSA) is 77.0 Å². The van der Waals surface area contributed by atoms with Crippen molar-refractivity contribution in [2.75, 3.05) is 19.8 Å². The molecule has 0 spiro atoms. The minimum absolute atomic E-state index is 0.156. The SMILES string of the molecule is CC(Oc1ccc(O)cc1)C(=O)NCCc1ccc2c(c1)OCCO2. The third kappa shape index (κ3) is 4.56. The summed E-state index contributed by atoms with van der Waals surface area (Å²) in [5, 5.41) is 12.1. The van der Waals surface area contributed by atoms with E-state index in [1.165, 1.54) is 12.1 Å². The van der Waals surface area contributed by atoms with Crippen molar-refractivity contribution in [1.29, 1.82) is 0 Å². The molecule has 132 valence electrons. The van der Waals surface area contributed by atoms with Crippen molar-refractivity contribution in [2.45, 2.75) is 19.4 Å². The molecule has 3 rings (SSSR count). The summed E-state index contributed by atoms with van der Waals surface area (Å²) in [6.07, 6.45) is 0.0683. The van der Waals surface area contributed by atoms with E-state index in [9.17, 15) is 9.90 Å². The molecule has 6 nitrogen and oxygen atoms in total. The van der Waals surface area contributed by atoms with Gasteiger partial charge in [0.15, 0.2) is 17.6 Å². The smallest absolute Gasteiger partial charge is 0.260 e. The zero-order valence-electron chi connectivity index (χ0n) is 14.0. The number of amides is 1. The number of fused-ring (bicyclic) bond motifs is 1. The van der Waals surface area contributed by atoms with E-state index >= 15 is 0 Å². The van der Waals surface area contributed by atoms with E-state index in [0.29, 0.717) is 31.9 Å². The van der Waals surface area contributed by atoms with Crippen LogP contribution in [0.2, 0.25) is 0 Å². The van der Waals surface area contributed by atoms with Crippen molar-refractivity contribution in [3.63, 3.8) is 0 Å². The molecule has 1 aliphatic heterocycles. The number of benzene rings is 2. The molecular weight excluding hydrogens is 322 g/mol. The highest BCUT2D eigenvalue weighted by Gasteiger charge is 2.15. The summed E-state index contributed by atoms with van der Waals surface area (Å²) in [6.45, 7) is 3.31. The Kier molecular flexibility index (Phi) is 5.28. The number of carbonyl (C=O) groups is 1. The minimum Gasteiger partial charge on any atom is -0.508 e. The molecule has 0 bridgehead atoms. The van der Waals surface area contributed by atoms with Crippen LogP contribution in [0.1, 0.15) is 12.5 Å². The van der Waals surface area contributed by atoms with E-state index in [0.717, 1.165) is 17.1 Å². The van der Waals surface area contributed by atoms with Crippen LogP contribution in [-0.4, -0.2) is 36.9 Å². The van der Waals surface area contributed by atoms with Crippen LogP contribution in [0.4, 0.5) is 0 Å². The van der Waals surface area contributed by atoms with Gasteiger partial charge < -0.3 is 24.6 Å². The van der Waals surface area contributed by atoms with Crippen LogP contribution in [-0.2, 0) is 11.2 Å². The summed E-state index contributed by atoms with van der Waals surface area (Å²) in [5.74, 6) is 2.01. The zero-order chi connectivity index (χ0) is 17.6. The largest absolute Gasteiger partial charge is 0.508 e. The molecular formula is C19H21NO5. The van der Waals surface area contributed by atoms with Crippen LogP contribution in [0, 0.1) is 0 Å². The maximum absolute atomic E-state index is 12.1. The van der Waals surface area contributed by atoms with Gasteiger partial charge in [0.25, 0.3) is 5.91 Å². The lowest BCUT2D eigenvalue weighted by molar-refractivity contribution is -0.127. The van der Waals surface area contributed by atoms with Gasteiger partial charge in [0, 0.05) is 6.54 Å². The number of rotatable bonds is 6. The van der Waals surface area contributed by atoms with Crippen LogP contribution in [0.3, 0.4) is 0 Å². The summed E-state index contributed by atoms with van der Waals surface area (Å²) in [6, 6.07) is 12.1. The van der Waals surface area contributed by atoms with Gasteiger partial charge >= 0.3 is 0 Å². The second kappa shape index (κ2) is 7.79. The van der Waals surface area contributed by atoms with Gasteiger partial charge in [0.05, 0.1) is 0 Å². The Morgan fingerprint density at radius 3 is 2.64 bits per heavy atom. The summed E-state index contributed by atoms with van der Waals surface area (Å²) >= 11 is 0. The lowest BCUT2D eigenvalue weighted by Gasteiger charge is -2.19. The fourth-order valence-corrected chi connectivity index (χ4v) is 2.50. The number of nitrogens with one attached hydrogen (secondary N) is 1. The molecule has 2 N–H and O–H groups in total. The molecule has 0 saturated heterocycles. The molecule has 1 aliphatic rings. The Bertz CT molecular complexity index is 729. The zero-order valence-corrected chi connectivity index (χ0v) is 14.0. The Balaban J connectivity index is 1.46. The lowest BCUT2D eigenvalue weighted by atomic mass is 10.1. The van der Waals surface area contributed by atoms with Crippen LogP contribution in [0.25, 0.3) is 0 Å². The van der Waals surface area contributed by atoms with E-state index in [1.807, 2.05) is 18.2 Å². The van der Waals surface area contributed by atoms with Gasteiger partial charge in [-0.1, -0.05) is 6.07 Å². The average molecular weight is 343 g/mol. The van der Waals surface area contributed by atoms with Gasteiger partial charge in [-0.25, -0.2) is 0 Å². The minimum atomic E-state index is -0.621. The van der Waals surface area contributed by atoms with E-state index in [-0.39, 0.29) is 11.7 Å². The predicted molar refractivity (Wildman–Crippen MR) is 92.3 cm³/mol. The number of aromatic hydroxyl groups is 1. The van der Waals surface area contributed by atoms with Crippen molar-refractivity contribution in [3.8, 4) is 23.0 Å². The monoisotopic (exact) mass is 343 g/mol. The Hall–Kier alpha value is -2.89. The van der Waals surface area contributed by atoms with Crippen molar-refractivity contribution in [1.82, 2.24) is 5.32 Å². The van der Waals surface area contributed by atoms with Gasteiger partial charge in [0.1, 0.15) is 24.7 Å². The van der Waals surface area contributed by atoms with Crippen molar-refractivity contribution in [2.24, 2.45) is 0 Å². The highest BCUT2D eigenvalue weighted by molar-refractivity contribution is 5.80. The summed E-state index contributed by atoms with van der Waals surface area (Å²) in [7, 11) is 0.